The molecule has 138 valence electrons. The van der Waals surface area contributed by atoms with Crippen molar-refractivity contribution in [3.63, 3.8) is 0 Å². The van der Waals surface area contributed by atoms with Gasteiger partial charge in [-0.25, -0.2) is 4.79 Å². The quantitative estimate of drug-likeness (QED) is 0.805. The maximum atomic E-state index is 13.0. The zero-order chi connectivity index (χ0) is 20.1. The lowest BCUT2D eigenvalue weighted by Gasteiger charge is -2.59. The van der Waals surface area contributed by atoms with Crippen molar-refractivity contribution < 1.29 is 14.3 Å². The number of carbonyl (C=O) groups excluding carboxylic acids is 2. The van der Waals surface area contributed by atoms with E-state index in [1.807, 2.05) is 0 Å². The second kappa shape index (κ2) is 6.19. The van der Waals surface area contributed by atoms with Gasteiger partial charge in [0.2, 0.25) is 5.91 Å². The fraction of sp³-hybridized carbons (Fsp3) is 0.238. The lowest BCUT2D eigenvalue weighted by Crippen LogP contribution is -2.74. The van der Waals surface area contributed by atoms with Crippen LogP contribution in [0.4, 0.5) is 4.79 Å². The molecule has 2 aromatic rings. The third kappa shape index (κ3) is 2.24. The van der Waals surface area contributed by atoms with Crippen LogP contribution in [0.2, 0.25) is 0 Å². The van der Waals surface area contributed by atoms with Gasteiger partial charge in [-0.3, -0.25) is 9.69 Å². The van der Waals surface area contributed by atoms with E-state index >= 15 is 0 Å². The molecule has 28 heavy (non-hydrogen) atoms. The molecule has 2 atom stereocenters. The molecule has 2 aromatic carbocycles. The molecule has 0 spiro atoms. The number of nitriles is 2. The highest BCUT2D eigenvalue weighted by Crippen LogP contribution is 2.54. The second-order valence-electron chi connectivity index (χ2n) is 6.89. The van der Waals surface area contributed by atoms with Gasteiger partial charge in [0.15, 0.2) is 6.23 Å². The smallest absolute Gasteiger partial charge is 0.328 e. The van der Waals surface area contributed by atoms with Crippen LogP contribution in [0.5, 0.6) is 0 Å². The van der Waals surface area contributed by atoms with Crippen molar-refractivity contribution in [3.05, 3.63) is 70.8 Å². The van der Waals surface area contributed by atoms with Crippen molar-refractivity contribution in [2.24, 2.45) is 5.92 Å². The molecule has 0 N–H and O–H groups in total. The number of imide groups is 1. The molecule has 2 aliphatic rings. The summed E-state index contributed by atoms with van der Waals surface area (Å²) in [6.07, 6.45) is -0.678. The van der Waals surface area contributed by atoms with Crippen LogP contribution in [0.3, 0.4) is 0 Å². The first-order valence-electron chi connectivity index (χ1n) is 8.67. The van der Waals surface area contributed by atoms with E-state index in [2.05, 4.69) is 12.1 Å². The van der Waals surface area contributed by atoms with E-state index in [0.717, 1.165) is 4.90 Å². The molecule has 3 amide bonds. The number of amides is 3. The summed E-state index contributed by atoms with van der Waals surface area (Å²) in [5, 5.41) is 18.2. The Morgan fingerprint density at radius 1 is 0.893 bits per heavy atom. The van der Waals surface area contributed by atoms with Gasteiger partial charge in [-0.1, -0.05) is 24.3 Å². The molecule has 2 aliphatic heterocycles. The van der Waals surface area contributed by atoms with Crippen LogP contribution in [0.15, 0.2) is 48.5 Å². The summed E-state index contributed by atoms with van der Waals surface area (Å²) in [6.45, 7) is 0. The number of hydrogen-bond donors (Lipinski definition) is 0. The van der Waals surface area contributed by atoms with E-state index in [1.54, 1.807) is 55.6 Å². The number of benzene rings is 2. The molecule has 0 saturated carbocycles. The molecule has 0 bridgehead atoms. The second-order valence-corrected chi connectivity index (χ2v) is 6.89. The molecule has 0 unspecified atom stereocenters. The minimum atomic E-state index is -1.10. The minimum Gasteiger partial charge on any atom is -0.340 e. The van der Waals surface area contributed by atoms with Gasteiger partial charge in [0.1, 0.15) is 11.5 Å². The number of hydrogen-bond acceptors (Lipinski definition) is 5. The van der Waals surface area contributed by atoms with Crippen LogP contribution in [0.25, 0.3) is 0 Å². The highest BCUT2D eigenvalue weighted by atomic mass is 16.6. The molecule has 7 nitrogen and oxygen atoms in total. The monoisotopic (exact) mass is 372 g/mol. The van der Waals surface area contributed by atoms with Crippen LogP contribution in [0.1, 0.15) is 22.3 Å². The fourth-order valence-corrected chi connectivity index (χ4v) is 3.95. The van der Waals surface area contributed by atoms with Gasteiger partial charge in [-0.15, -0.1) is 0 Å². The predicted octanol–water partition coefficient (Wildman–Crippen LogP) is 2.17. The van der Waals surface area contributed by atoms with Crippen LogP contribution in [-0.2, 0) is 15.1 Å². The summed E-state index contributed by atoms with van der Waals surface area (Å²) < 4.78 is 6.24. The minimum absolute atomic E-state index is 0.326. The summed E-state index contributed by atoms with van der Waals surface area (Å²) in [5.74, 6) is -0.964. The van der Waals surface area contributed by atoms with Gasteiger partial charge >= 0.3 is 6.03 Å². The van der Waals surface area contributed by atoms with E-state index in [4.69, 9.17) is 15.3 Å². The summed E-state index contributed by atoms with van der Waals surface area (Å²) >= 11 is 0. The SMILES string of the molecule is CN1C(=O)[C@H]2[C@H](OC2(c2ccc(C#N)cc2)c2ccc(C#N)cc2)N(C)C1=O. The van der Waals surface area contributed by atoms with Gasteiger partial charge in [0, 0.05) is 14.1 Å². The van der Waals surface area contributed by atoms with Crippen molar-refractivity contribution in [2.45, 2.75) is 11.8 Å². The Balaban J connectivity index is 1.88. The highest BCUT2D eigenvalue weighted by molar-refractivity contribution is 5.99. The van der Waals surface area contributed by atoms with Gasteiger partial charge in [0.05, 0.1) is 23.3 Å². The Kier molecular flexibility index (Phi) is 3.92. The third-order valence-corrected chi connectivity index (χ3v) is 5.48. The van der Waals surface area contributed by atoms with Crippen molar-refractivity contribution in [1.82, 2.24) is 9.80 Å². The van der Waals surface area contributed by atoms with E-state index in [1.165, 1.54) is 11.9 Å². The molecule has 2 saturated heterocycles. The Labute approximate surface area is 162 Å². The first-order chi connectivity index (χ1) is 13.4. The lowest BCUT2D eigenvalue weighted by molar-refractivity contribution is -0.287. The van der Waals surface area contributed by atoms with Crippen LogP contribution in [-0.4, -0.2) is 42.1 Å². The van der Waals surface area contributed by atoms with Gasteiger partial charge in [0.25, 0.3) is 0 Å². The maximum absolute atomic E-state index is 13.0. The Morgan fingerprint density at radius 2 is 1.36 bits per heavy atom. The van der Waals surface area contributed by atoms with Gasteiger partial charge in [-0.05, 0) is 35.4 Å². The molecule has 0 aromatic heterocycles. The number of fused-ring (bicyclic) bond motifs is 1. The number of carbonyl (C=O) groups is 2. The van der Waals surface area contributed by atoms with Crippen molar-refractivity contribution in [3.8, 4) is 12.1 Å². The summed E-state index contributed by atoms with van der Waals surface area (Å²) in [6, 6.07) is 17.5. The number of ether oxygens (including phenoxy) is 1. The lowest BCUT2D eigenvalue weighted by atomic mass is 9.68. The largest absolute Gasteiger partial charge is 0.340 e. The van der Waals surface area contributed by atoms with Crippen LogP contribution >= 0.6 is 0 Å². The first-order valence-corrected chi connectivity index (χ1v) is 8.67. The zero-order valence-electron chi connectivity index (χ0n) is 15.3. The molecule has 0 radical (unpaired) electrons. The molecule has 2 heterocycles. The molecule has 4 rings (SSSR count). The van der Waals surface area contributed by atoms with E-state index in [9.17, 15) is 9.59 Å². The fourth-order valence-electron chi connectivity index (χ4n) is 3.95. The van der Waals surface area contributed by atoms with Crippen LogP contribution < -0.4 is 0 Å². The Bertz CT molecular complexity index is 990. The first kappa shape index (κ1) is 17.7. The summed E-state index contributed by atoms with van der Waals surface area (Å²) in [5.41, 5.74) is 1.30. The predicted molar refractivity (Wildman–Crippen MR) is 97.4 cm³/mol. The molecule has 7 heteroatoms. The van der Waals surface area contributed by atoms with Gasteiger partial charge < -0.3 is 9.64 Å². The normalized spacial score (nSPS) is 22.7. The Hall–Kier alpha value is -3.68. The van der Waals surface area contributed by atoms with Crippen molar-refractivity contribution in [2.75, 3.05) is 14.1 Å². The molecular weight excluding hydrogens is 356 g/mol. The average molecular weight is 372 g/mol. The number of nitrogens with zero attached hydrogens (tertiary/aromatic N) is 4. The summed E-state index contributed by atoms with van der Waals surface area (Å²) in [7, 11) is 3.06. The van der Waals surface area contributed by atoms with Crippen LogP contribution in [0, 0.1) is 28.6 Å². The molecule has 2 fully saturated rings. The van der Waals surface area contributed by atoms with E-state index in [0.29, 0.717) is 22.3 Å². The summed E-state index contributed by atoms with van der Waals surface area (Å²) in [4.78, 5) is 27.8. The highest BCUT2D eigenvalue weighted by Gasteiger charge is 2.66. The molecule has 0 aliphatic carbocycles. The third-order valence-electron chi connectivity index (χ3n) is 5.48. The number of rotatable bonds is 2. The standard InChI is InChI=1S/C21H16N4O3/c1-24-18(26)17-19(25(2)20(24)27)28-21(17,15-7-3-13(11-22)4-8-15)16-9-5-14(12-23)6-10-16/h3-10,17,19H,1-2H3/t17-,19-/m0/s1. The number of urea groups is 1. The van der Waals surface area contributed by atoms with Crippen molar-refractivity contribution in [1.29, 1.82) is 10.5 Å². The van der Waals surface area contributed by atoms with Gasteiger partial charge in [-0.2, -0.15) is 10.5 Å². The zero-order valence-corrected chi connectivity index (χ0v) is 15.3. The van der Waals surface area contributed by atoms with E-state index in [-0.39, 0.29) is 5.91 Å². The topological polar surface area (TPSA) is 97.4 Å². The maximum Gasteiger partial charge on any atom is 0.328 e. The van der Waals surface area contributed by atoms with E-state index < -0.39 is 23.8 Å². The molecular formula is C21H16N4O3. The van der Waals surface area contributed by atoms with Crippen molar-refractivity contribution >= 4 is 11.9 Å². The Morgan fingerprint density at radius 3 is 1.79 bits per heavy atom. The average Bonchev–Trinajstić information content (AvgIpc) is 2.72.